The largest absolute Gasteiger partial charge is 0.346 e. The number of piperidine rings is 1. The van der Waals surface area contributed by atoms with E-state index in [4.69, 9.17) is 0 Å². The maximum absolute atomic E-state index is 14.6. The molecule has 1 saturated carbocycles. The number of thiophene rings is 1. The van der Waals surface area contributed by atoms with Gasteiger partial charge in [-0.3, -0.25) is 24.0 Å². The molecule has 4 N–H and O–H groups in total. The van der Waals surface area contributed by atoms with Crippen molar-refractivity contribution in [3.05, 3.63) is 65.6 Å². The fraction of sp³-hybridized carbons (Fsp3) is 0.600. The van der Waals surface area contributed by atoms with Gasteiger partial charge in [0, 0.05) is 51.9 Å². The number of Topliss-reactive ketones (excluding diaryl/α,β-unsaturated/α-hetero) is 1. The predicted octanol–water partition coefficient (Wildman–Crippen LogP) is 4.80. The second kappa shape index (κ2) is 19.8. The number of urea groups is 1. The van der Waals surface area contributed by atoms with Crippen molar-refractivity contribution in [2.75, 3.05) is 33.7 Å². The quantitative estimate of drug-likeness (QED) is 0.114. The molecule has 0 radical (unpaired) electrons. The van der Waals surface area contributed by atoms with E-state index in [1.807, 2.05) is 47.6 Å². The zero-order valence-electron chi connectivity index (χ0n) is 38.2. The van der Waals surface area contributed by atoms with E-state index in [2.05, 4.69) is 27.8 Å². The van der Waals surface area contributed by atoms with Crippen molar-refractivity contribution >= 4 is 56.8 Å². The first kappa shape index (κ1) is 50.0. The van der Waals surface area contributed by atoms with Crippen molar-refractivity contribution in [3.8, 4) is 0 Å². The Morgan fingerprint density at radius 1 is 0.984 bits per heavy atom. The Morgan fingerprint density at radius 3 is 2.21 bits per heavy atom. The third-order valence-corrected chi connectivity index (χ3v) is 15.4. The molecule has 62 heavy (non-hydrogen) atoms. The summed E-state index contributed by atoms with van der Waals surface area (Å²) in [7, 11) is -0.912. The van der Waals surface area contributed by atoms with Gasteiger partial charge in [0.25, 0.3) is 21.8 Å². The number of benzene rings is 1. The molecule has 17 heteroatoms. The van der Waals surface area contributed by atoms with Gasteiger partial charge in [0.15, 0.2) is 0 Å². The number of rotatable bonds is 19. The van der Waals surface area contributed by atoms with E-state index in [0.29, 0.717) is 17.5 Å². The number of likely N-dealkylation sites (tertiary alicyclic amines) is 1. The maximum Gasteiger partial charge on any atom is 0.315 e. The van der Waals surface area contributed by atoms with Gasteiger partial charge in [-0.2, -0.15) is 4.31 Å². The molecule has 4 rings (SSSR count). The molecule has 2 heterocycles. The molecule has 6 amide bonds. The summed E-state index contributed by atoms with van der Waals surface area (Å²) in [5, 5.41) is 12.8. The molecule has 1 aliphatic carbocycles. The van der Waals surface area contributed by atoms with Gasteiger partial charge in [-0.15, -0.1) is 17.9 Å². The fourth-order valence-electron chi connectivity index (χ4n) is 8.07. The maximum atomic E-state index is 14.6. The molecule has 1 aliphatic heterocycles. The molecule has 2 fully saturated rings. The van der Waals surface area contributed by atoms with Crippen LogP contribution in [-0.4, -0.2) is 116 Å². The highest BCUT2D eigenvalue weighted by Gasteiger charge is 2.70. The summed E-state index contributed by atoms with van der Waals surface area (Å²) in [6, 6.07) is 5.86. The third kappa shape index (κ3) is 11.7. The van der Waals surface area contributed by atoms with Crippen molar-refractivity contribution in [1.82, 2.24) is 35.4 Å². The lowest BCUT2D eigenvalue weighted by Gasteiger charge is -2.39. The predicted molar refractivity (Wildman–Crippen MR) is 240 cm³/mol. The number of nitrogens with one attached hydrogen (secondary N) is 4. The second-order valence-electron chi connectivity index (χ2n) is 19.4. The van der Waals surface area contributed by atoms with Crippen LogP contribution in [0.3, 0.4) is 0 Å². The number of sulfonamides is 1. The summed E-state index contributed by atoms with van der Waals surface area (Å²) in [5.41, 5.74) is -0.526. The summed E-state index contributed by atoms with van der Waals surface area (Å²) in [6.45, 7) is 21.1. The van der Waals surface area contributed by atoms with E-state index in [9.17, 15) is 37.2 Å². The number of amides is 6. The Labute approximate surface area is 371 Å². The normalized spacial score (nSPS) is 19.7. The number of ketones is 1. The summed E-state index contributed by atoms with van der Waals surface area (Å²) in [6.07, 6.45) is 3.03. The first-order valence-electron chi connectivity index (χ1n) is 21.2. The van der Waals surface area contributed by atoms with Gasteiger partial charge in [-0.1, -0.05) is 99.4 Å². The number of hydrogen-bond acceptors (Lipinski definition) is 9. The Balaban J connectivity index is 1.49. The van der Waals surface area contributed by atoms with Crippen molar-refractivity contribution in [2.24, 2.45) is 28.1 Å². The highest BCUT2D eigenvalue weighted by atomic mass is 32.2. The summed E-state index contributed by atoms with van der Waals surface area (Å²) in [4.78, 5) is 84.5. The van der Waals surface area contributed by atoms with Gasteiger partial charge in [0.05, 0.1) is 6.04 Å². The Kier molecular flexibility index (Phi) is 16.0. The fourth-order valence-corrected chi connectivity index (χ4v) is 10.7. The lowest BCUT2D eigenvalue weighted by molar-refractivity contribution is -0.145. The second-order valence-corrected chi connectivity index (χ2v) is 22.6. The van der Waals surface area contributed by atoms with Crippen LogP contribution in [0.2, 0.25) is 0 Å². The molecule has 1 saturated heterocycles. The van der Waals surface area contributed by atoms with Crippen LogP contribution in [0.15, 0.2) is 58.6 Å². The zero-order chi connectivity index (χ0) is 46.5. The molecule has 1 aromatic heterocycles. The van der Waals surface area contributed by atoms with Crippen molar-refractivity contribution in [1.29, 1.82) is 0 Å². The summed E-state index contributed by atoms with van der Waals surface area (Å²) < 4.78 is 29.0. The summed E-state index contributed by atoms with van der Waals surface area (Å²) >= 11 is 1.05. The van der Waals surface area contributed by atoms with Crippen molar-refractivity contribution in [2.45, 2.75) is 116 Å². The van der Waals surface area contributed by atoms with Crippen molar-refractivity contribution in [3.63, 3.8) is 0 Å². The molecule has 0 spiro atoms. The third-order valence-electron chi connectivity index (χ3n) is 12.1. The number of carbonyl (C=O) groups excluding carboxylic acids is 6. The Bertz CT molecular complexity index is 2090. The minimum atomic E-state index is -4.01. The highest BCUT2D eigenvalue weighted by molar-refractivity contribution is 7.91. The molecule has 0 bridgehead atoms. The molecule has 2 aliphatic rings. The first-order valence-corrected chi connectivity index (χ1v) is 23.5. The highest BCUT2D eigenvalue weighted by Crippen LogP contribution is 2.65. The molecule has 1 aromatic carbocycles. The van der Waals surface area contributed by atoms with Gasteiger partial charge in [-0.05, 0) is 63.6 Å². The van der Waals surface area contributed by atoms with Gasteiger partial charge < -0.3 is 31.1 Å². The summed E-state index contributed by atoms with van der Waals surface area (Å²) in [5.74, 6) is -2.96. The smallest absolute Gasteiger partial charge is 0.315 e. The molecule has 15 nitrogen and oxygen atoms in total. The minimum absolute atomic E-state index is 0.0113. The first-order chi connectivity index (χ1) is 28.8. The van der Waals surface area contributed by atoms with E-state index >= 15 is 0 Å². The van der Waals surface area contributed by atoms with E-state index in [1.54, 1.807) is 63.5 Å². The average molecular weight is 898 g/mol. The van der Waals surface area contributed by atoms with Crippen molar-refractivity contribution < 1.29 is 37.2 Å². The standard InChI is InChI=1S/C45H67N7O8S2/c1-13-15-21-31(36(53)39(55)46-22-14-2)47-38(54)35-34-30(45(34,9)10)25-52(35)41(57)37(44(6,7)8)49-42(58)48-32(43(3,4)5)26-51(12)62(59,60)33-23-28(27-61-33)24-50(11)40(56)29-19-17-16-18-20-29/h14,16-20,23,27,30-32,34-35,37H,2,13,15,21-22,24-26H2,1,3-12H3,(H,46,55)(H,47,54)(H2,48,49,58)/t30-,31?,32+,34-,35-,37+/m0/s1. The van der Waals surface area contributed by atoms with Gasteiger partial charge in [-0.25, -0.2) is 13.2 Å². The van der Waals surface area contributed by atoms with E-state index in [1.165, 1.54) is 27.2 Å². The molecular weight excluding hydrogens is 831 g/mol. The molecule has 1 unspecified atom stereocenters. The number of likely N-dealkylation sites (N-methyl/N-ethyl adjacent to an activating group) is 1. The Morgan fingerprint density at radius 2 is 1.63 bits per heavy atom. The Hall–Kier alpha value is -4.61. The number of hydrogen-bond donors (Lipinski definition) is 4. The van der Waals surface area contributed by atoms with Gasteiger partial charge in [0.1, 0.15) is 16.3 Å². The van der Waals surface area contributed by atoms with E-state index in [0.717, 1.165) is 17.8 Å². The van der Waals surface area contributed by atoms with Crippen LogP contribution in [0.4, 0.5) is 4.79 Å². The number of unbranched alkanes of at least 4 members (excludes halogenated alkanes) is 1. The average Bonchev–Trinajstić information content (AvgIpc) is 3.58. The molecular formula is C45H67N7O8S2. The van der Waals surface area contributed by atoms with Gasteiger partial charge in [0.2, 0.25) is 17.6 Å². The van der Waals surface area contributed by atoms with Crippen LogP contribution in [0.5, 0.6) is 0 Å². The van der Waals surface area contributed by atoms with Gasteiger partial charge >= 0.3 is 6.03 Å². The monoisotopic (exact) mass is 897 g/mol. The van der Waals surface area contributed by atoms with Crippen LogP contribution in [0.25, 0.3) is 0 Å². The number of carbonyl (C=O) groups is 6. The number of fused-ring (bicyclic) bond motifs is 1. The zero-order valence-corrected chi connectivity index (χ0v) is 39.8. The molecule has 2 aromatic rings. The minimum Gasteiger partial charge on any atom is -0.346 e. The van der Waals surface area contributed by atoms with E-state index in [-0.39, 0.29) is 60.0 Å². The van der Waals surface area contributed by atoms with Crippen LogP contribution >= 0.6 is 11.3 Å². The van der Waals surface area contributed by atoms with E-state index < -0.39 is 74.6 Å². The van der Waals surface area contributed by atoms with Crippen LogP contribution in [0, 0.1) is 28.1 Å². The lowest BCUT2D eigenvalue weighted by Crippen LogP contribution is -2.62. The lowest BCUT2D eigenvalue weighted by atomic mass is 9.85. The molecule has 342 valence electrons. The van der Waals surface area contributed by atoms with Crippen LogP contribution in [0.1, 0.15) is 97.5 Å². The van der Waals surface area contributed by atoms with Crippen LogP contribution < -0.4 is 21.3 Å². The topological polar surface area (TPSA) is 194 Å². The van der Waals surface area contributed by atoms with Crippen LogP contribution in [-0.2, 0) is 35.7 Å². The molecule has 6 atom stereocenters. The SMILES string of the molecule is C=CCNC(=O)C(=O)C(CCCC)NC(=O)[C@@H]1[C@@H]2[C@H](CN1C(=O)[C@@H](NC(=O)N[C@H](CN(C)S(=O)(=O)c1cc(CN(C)C(=O)c3ccccc3)cs1)C(C)(C)C)C(C)(C)C)C2(C)C. The number of nitrogens with zero attached hydrogens (tertiary/aromatic N) is 3.